The van der Waals surface area contributed by atoms with Crippen molar-refractivity contribution in [3.8, 4) is 0 Å². The Morgan fingerprint density at radius 2 is 1.61 bits per heavy atom. The van der Waals surface area contributed by atoms with Crippen LogP contribution in [0.1, 0.15) is 35.8 Å². The van der Waals surface area contributed by atoms with Crippen molar-refractivity contribution < 1.29 is 5.11 Å². The average Bonchev–Trinajstić information content (AvgIpc) is 3.15. The third kappa shape index (κ3) is 3.88. The Balaban J connectivity index is 1.62. The Hall–Kier alpha value is -2.39. The number of benzene rings is 2. The van der Waals surface area contributed by atoms with Crippen LogP contribution in [0.3, 0.4) is 0 Å². The Morgan fingerprint density at radius 1 is 0.957 bits per heavy atom. The zero-order chi connectivity index (χ0) is 16.1. The van der Waals surface area contributed by atoms with Gasteiger partial charge in [-0.3, -0.25) is 0 Å². The lowest BCUT2D eigenvalue weighted by Gasteiger charge is -2.20. The fourth-order valence-electron chi connectivity index (χ4n) is 2.77. The first-order chi connectivity index (χ1) is 11.2. The minimum Gasteiger partial charge on any atom is -0.386 e. The second-order valence-corrected chi connectivity index (χ2v) is 5.92. The summed E-state index contributed by atoms with van der Waals surface area (Å²) in [6.07, 6.45) is 6.86. The first-order valence-electron chi connectivity index (χ1n) is 8.02. The summed E-state index contributed by atoms with van der Waals surface area (Å²) in [7, 11) is 0. The van der Waals surface area contributed by atoms with Gasteiger partial charge >= 0.3 is 0 Å². The van der Waals surface area contributed by atoms with Gasteiger partial charge in [0.25, 0.3) is 0 Å². The van der Waals surface area contributed by atoms with Crippen LogP contribution in [0.5, 0.6) is 0 Å². The molecular weight excluding hydrogens is 284 g/mol. The van der Waals surface area contributed by atoms with Crippen molar-refractivity contribution in [1.82, 2.24) is 9.55 Å². The lowest BCUT2D eigenvalue weighted by molar-refractivity contribution is 0.122. The summed E-state index contributed by atoms with van der Waals surface area (Å²) in [4.78, 5) is 4.04. The first kappa shape index (κ1) is 15.5. The monoisotopic (exact) mass is 306 g/mol. The molecule has 0 fully saturated rings. The van der Waals surface area contributed by atoms with Gasteiger partial charge in [0, 0.05) is 12.4 Å². The summed E-state index contributed by atoms with van der Waals surface area (Å²) in [6, 6.07) is 18.8. The Morgan fingerprint density at radius 3 is 2.22 bits per heavy atom. The Kier molecular flexibility index (Phi) is 4.89. The molecule has 3 nitrogen and oxygen atoms in total. The number of hydrogen-bond donors (Lipinski definition) is 1. The third-order valence-corrected chi connectivity index (χ3v) is 4.32. The van der Waals surface area contributed by atoms with Gasteiger partial charge in [-0.2, -0.15) is 0 Å². The highest BCUT2D eigenvalue weighted by atomic mass is 16.3. The summed E-state index contributed by atoms with van der Waals surface area (Å²) in [6.45, 7) is 2.00. The van der Waals surface area contributed by atoms with Gasteiger partial charge in [-0.25, -0.2) is 4.98 Å². The molecule has 1 aromatic heterocycles. The van der Waals surface area contributed by atoms with Gasteiger partial charge in [0.1, 0.15) is 0 Å². The molecular formula is C20H22N2O. The first-order valence-corrected chi connectivity index (χ1v) is 8.02. The average molecular weight is 306 g/mol. The number of aliphatic hydroxyl groups is 1. The SMILES string of the molecule is C[C@@H]([C@H](O)c1ccc(CCc2ccccc2)cc1)n1ccnc1. The lowest BCUT2D eigenvalue weighted by atomic mass is 9.99. The van der Waals surface area contributed by atoms with E-state index in [1.165, 1.54) is 11.1 Å². The van der Waals surface area contributed by atoms with Gasteiger partial charge in [0.05, 0.1) is 18.5 Å². The highest BCUT2D eigenvalue weighted by molar-refractivity contribution is 5.26. The second-order valence-electron chi connectivity index (χ2n) is 5.92. The van der Waals surface area contributed by atoms with E-state index in [1.807, 2.05) is 35.9 Å². The van der Waals surface area contributed by atoms with Gasteiger partial charge in [0.15, 0.2) is 0 Å². The fourth-order valence-corrected chi connectivity index (χ4v) is 2.77. The standard InChI is InChI=1S/C20H22N2O/c1-16(22-14-13-21-15-22)20(23)19-11-9-18(10-12-19)8-7-17-5-3-2-4-6-17/h2-6,9-16,20,23H,7-8H2,1H3/t16-,20-/m0/s1. The van der Waals surface area contributed by atoms with E-state index in [2.05, 4.69) is 41.4 Å². The predicted octanol–water partition coefficient (Wildman–Crippen LogP) is 3.96. The van der Waals surface area contributed by atoms with Crippen LogP contribution in [0, 0.1) is 0 Å². The van der Waals surface area contributed by atoms with E-state index in [4.69, 9.17) is 0 Å². The van der Waals surface area contributed by atoms with Gasteiger partial charge in [-0.05, 0) is 36.5 Å². The third-order valence-electron chi connectivity index (χ3n) is 4.32. The topological polar surface area (TPSA) is 38.0 Å². The number of imidazole rings is 1. The van der Waals surface area contributed by atoms with Crippen LogP contribution < -0.4 is 0 Å². The van der Waals surface area contributed by atoms with Crippen LogP contribution in [0.2, 0.25) is 0 Å². The molecule has 0 saturated heterocycles. The summed E-state index contributed by atoms with van der Waals surface area (Å²) in [5, 5.41) is 10.5. The molecule has 0 radical (unpaired) electrons. The highest BCUT2D eigenvalue weighted by Crippen LogP contribution is 2.26. The molecule has 2 atom stereocenters. The maximum atomic E-state index is 10.5. The number of aliphatic hydroxyl groups excluding tert-OH is 1. The molecule has 0 amide bonds. The minimum absolute atomic E-state index is 0.0346. The van der Waals surface area contributed by atoms with Crippen LogP contribution in [0.4, 0.5) is 0 Å². The zero-order valence-electron chi connectivity index (χ0n) is 13.3. The summed E-state index contributed by atoms with van der Waals surface area (Å²) >= 11 is 0. The van der Waals surface area contributed by atoms with Crippen LogP contribution in [-0.2, 0) is 12.8 Å². The molecule has 3 rings (SSSR count). The van der Waals surface area contributed by atoms with Crippen molar-refractivity contribution in [3.63, 3.8) is 0 Å². The van der Waals surface area contributed by atoms with Gasteiger partial charge in [-0.15, -0.1) is 0 Å². The van der Waals surface area contributed by atoms with E-state index < -0.39 is 6.10 Å². The summed E-state index contributed by atoms with van der Waals surface area (Å²) < 4.78 is 1.92. The van der Waals surface area contributed by atoms with E-state index in [0.717, 1.165) is 18.4 Å². The van der Waals surface area contributed by atoms with Crippen molar-refractivity contribution in [3.05, 3.63) is 90.0 Å². The molecule has 2 aromatic carbocycles. The van der Waals surface area contributed by atoms with E-state index in [1.54, 1.807) is 12.5 Å². The molecule has 1 N–H and O–H groups in total. The van der Waals surface area contributed by atoms with Crippen LogP contribution in [-0.4, -0.2) is 14.7 Å². The molecule has 0 spiro atoms. The smallest absolute Gasteiger partial charge is 0.0994 e. The van der Waals surface area contributed by atoms with E-state index in [0.29, 0.717) is 0 Å². The highest BCUT2D eigenvalue weighted by Gasteiger charge is 2.17. The summed E-state index contributed by atoms with van der Waals surface area (Å²) in [5.41, 5.74) is 3.58. The van der Waals surface area contributed by atoms with Crippen molar-refractivity contribution in [1.29, 1.82) is 0 Å². The Bertz CT molecular complexity index is 705. The van der Waals surface area contributed by atoms with E-state index in [-0.39, 0.29) is 6.04 Å². The van der Waals surface area contributed by atoms with Crippen molar-refractivity contribution >= 4 is 0 Å². The summed E-state index contributed by atoms with van der Waals surface area (Å²) in [5.74, 6) is 0. The van der Waals surface area contributed by atoms with Crippen LogP contribution in [0.15, 0.2) is 73.3 Å². The zero-order valence-corrected chi connectivity index (χ0v) is 13.3. The molecule has 118 valence electrons. The maximum Gasteiger partial charge on any atom is 0.0994 e. The number of rotatable bonds is 6. The van der Waals surface area contributed by atoms with Gasteiger partial charge < -0.3 is 9.67 Å². The lowest BCUT2D eigenvalue weighted by Crippen LogP contribution is -2.13. The van der Waals surface area contributed by atoms with Gasteiger partial charge in [-0.1, -0.05) is 54.6 Å². The minimum atomic E-state index is -0.535. The maximum absolute atomic E-state index is 10.5. The molecule has 0 aliphatic carbocycles. The fraction of sp³-hybridized carbons (Fsp3) is 0.250. The van der Waals surface area contributed by atoms with E-state index >= 15 is 0 Å². The van der Waals surface area contributed by atoms with Crippen molar-refractivity contribution in [2.75, 3.05) is 0 Å². The molecule has 3 heteroatoms. The molecule has 0 aliphatic rings. The van der Waals surface area contributed by atoms with Gasteiger partial charge in [0.2, 0.25) is 0 Å². The predicted molar refractivity (Wildman–Crippen MR) is 92.2 cm³/mol. The molecule has 0 unspecified atom stereocenters. The number of hydrogen-bond acceptors (Lipinski definition) is 2. The number of aryl methyl sites for hydroxylation is 2. The van der Waals surface area contributed by atoms with Crippen molar-refractivity contribution in [2.24, 2.45) is 0 Å². The molecule has 23 heavy (non-hydrogen) atoms. The van der Waals surface area contributed by atoms with Crippen molar-refractivity contribution in [2.45, 2.75) is 31.9 Å². The number of nitrogens with zero attached hydrogens (tertiary/aromatic N) is 2. The number of aromatic nitrogens is 2. The molecule has 3 aromatic rings. The van der Waals surface area contributed by atoms with Crippen LogP contribution in [0.25, 0.3) is 0 Å². The molecule has 0 bridgehead atoms. The molecule has 1 heterocycles. The van der Waals surface area contributed by atoms with Crippen LogP contribution >= 0.6 is 0 Å². The van der Waals surface area contributed by atoms with E-state index in [9.17, 15) is 5.11 Å². The largest absolute Gasteiger partial charge is 0.386 e. The normalized spacial score (nSPS) is 13.7. The second kappa shape index (κ2) is 7.25. The Labute approximate surface area is 137 Å². The quantitative estimate of drug-likeness (QED) is 0.748. The molecule has 0 saturated carbocycles. The molecule has 0 aliphatic heterocycles.